The average molecular weight is 237 g/mol. The third-order valence-corrected chi connectivity index (χ3v) is 3.52. The minimum atomic E-state index is 0.123. The summed E-state index contributed by atoms with van der Waals surface area (Å²) in [5.41, 5.74) is 5.96. The number of nitrogens with zero attached hydrogens (tertiary/aromatic N) is 2. The lowest BCUT2D eigenvalue weighted by molar-refractivity contribution is 0.114. The van der Waals surface area contributed by atoms with Gasteiger partial charge in [0.1, 0.15) is 5.82 Å². The van der Waals surface area contributed by atoms with Crippen LogP contribution < -0.4 is 16.4 Å². The zero-order valence-corrected chi connectivity index (χ0v) is 9.80. The van der Waals surface area contributed by atoms with Crippen molar-refractivity contribution in [2.75, 3.05) is 31.6 Å². The zero-order valence-electron chi connectivity index (χ0n) is 9.80. The van der Waals surface area contributed by atoms with Crippen molar-refractivity contribution in [2.45, 2.75) is 24.6 Å². The molecule has 0 bridgehead atoms. The molecule has 2 aliphatic rings. The van der Waals surface area contributed by atoms with Crippen molar-refractivity contribution in [1.29, 1.82) is 0 Å². The van der Waals surface area contributed by atoms with Crippen molar-refractivity contribution >= 4 is 5.82 Å². The second-order valence-electron chi connectivity index (χ2n) is 4.72. The number of rotatable bonds is 4. The van der Waals surface area contributed by atoms with Gasteiger partial charge in [0.05, 0.1) is 18.3 Å². The van der Waals surface area contributed by atoms with Crippen LogP contribution in [0.15, 0.2) is 12.3 Å². The number of hydrogen-bond donors (Lipinski definition) is 3. The van der Waals surface area contributed by atoms with Gasteiger partial charge >= 0.3 is 0 Å². The number of ether oxygens (including phenoxy) is 1. The van der Waals surface area contributed by atoms with Gasteiger partial charge in [0.25, 0.3) is 0 Å². The summed E-state index contributed by atoms with van der Waals surface area (Å²) in [6.45, 7) is 3.53. The van der Waals surface area contributed by atoms with Crippen molar-refractivity contribution in [2.24, 2.45) is 5.73 Å². The van der Waals surface area contributed by atoms with Crippen molar-refractivity contribution < 1.29 is 4.74 Å². The Hall–Kier alpha value is -1.11. The van der Waals surface area contributed by atoms with Crippen molar-refractivity contribution in [1.82, 2.24) is 15.1 Å². The van der Waals surface area contributed by atoms with Gasteiger partial charge in [0.15, 0.2) is 0 Å². The maximum atomic E-state index is 5.96. The van der Waals surface area contributed by atoms with Crippen LogP contribution in [0.25, 0.3) is 0 Å². The smallest absolute Gasteiger partial charge is 0.124 e. The number of anilines is 1. The van der Waals surface area contributed by atoms with Gasteiger partial charge in [-0.1, -0.05) is 0 Å². The lowest BCUT2D eigenvalue weighted by Gasteiger charge is -2.29. The molecule has 3 heterocycles. The Morgan fingerprint density at radius 2 is 2.47 bits per heavy atom. The van der Waals surface area contributed by atoms with Crippen LogP contribution in [0.3, 0.4) is 0 Å². The lowest BCUT2D eigenvalue weighted by atomic mass is 10.1. The summed E-state index contributed by atoms with van der Waals surface area (Å²) in [5.74, 6) is 1.05. The highest BCUT2D eigenvalue weighted by Crippen LogP contribution is 2.18. The highest BCUT2D eigenvalue weighted by Gasteiger charge is 2.26. The normalized spacial score (nSPS) is 29.2. The summed E-state index contributed by atoms with van der Waals surface area (Å²) in [6.07, 6.45) is 2.91. The summed E-state index contributed by atoms with van der Waals surface area (Å²) >= 11 is 0. The maximum absolute atomic E-state index is 5.96. The molecule has 94 valence electrons. The van der Waals surface area contributed by atoms with E-state index in [1.165, 1.54) is 0 Å². The minimum absolute atomic E-state index is 0.123. The summed E-state index contributed by atoms with van der Waals surface area (Å²) in [4.78, 5) is 0. The van der Waals surface area contributed by atoms with E-state index in [1.807, 2.05) is 16.9 Å². The summed E-state index contributed by atoms with van der Waals surface area (Å²) < 4.78 is 7.61. The van der Waals surface area contributed by atoms with Gasteiger partial charge < -0.3 is 21.1 Å². The van der Waals surface area contributed by atoms with Crippen LogP contribution in [0.1, 0.15) is 12.5 Å². The van der Waals surface area contributed by atoms with Gasteiger partial charge in [-0.2, -0.15) is 5.10 Å². The molecule has 0 aromatic carbocycles. The van der Waals surface area contributed by atoms with Gasteiger partial charge in [-0.25, -0.2) is 4.68 Å². The molecule has 1 aromatic heterocycles. The zero-order chi connectivity index (χ0) is 11.7. The Labute approximate surface area is 100 Å². The molecule has 0 radical (unpaired) electrons. The summed E-state index contributed by atoms with van der Waals surface area (Å²) in [7, 11) is 0. The minimum Gasteiger partial charge on any atom is -0.375 e. The first kappa shape index (κ1) is 11.0. The van der Waals surface area contributed by atoms with Gasteiger partial charge in [-0.15, -0.1) is 0 Å². The van der Waals surface area contributed by atoms with Crippen molar-refractivity contribution in [3.8, 4) is 0 Å². The van der Waals surface area contributed by atoms with E-state index in [1.54, 1.807) is 0 Å². The fourth-order valence-corrected chi connectivity index (χ4v) is 2.27. The second-order valence-corrected chi connectivity index (χ2v) is 4.72. The SMILES string of the molecule is N[C@H]1CCO[C@H]1CNc1ccnn1C1CNC1. The van der Waals surface area contributed by atoms with Gasteiger partial charge in [0.2, 0.25) is 0 Å². The van der Waals surface area contributed by atoms with Crippen molar-refractivity contribution in [3.05, 3.63) is 12.3 Å². The molecule has 2 atom stereocenters. The molecule has 2 fully saturated rings. The molecular formula is C11H19N5O. The Kier molecular flexibility index (Phi) is 3.00. The third-order valence-electron chi connectivity index (χ3n) is 3.52. The molecule has 6 nitrogen and oxygen atoms in total. The number of nitrogens with two attached hydrogens (primary N) is 1. The van der Waals surface area contributed by atoms with Gasteiger partial charge in [-0.3, -0.25) is 0 Å². The molecule has 2 aliphatic heterocycles. The molecule has 0 saturated carbocycles. The average Bonchev–Trinajstić information content (AvgIpc) is 2.83. The van der Waals surface area contributed by atoms with E-state index < -0.39 is 0 Å². The van der Waals surface area contributed by atoms with Crippen LogP contribution >= 0.6 is 0 Å². The second kappa shape index (κ2) is 4.64. The third kappa shape index (κ3) is 2.15. The Morgan fingerprint density at radius 3 is 3.12 bits per heavy atom. The predicted molar refractivity (Wildman–Crippen MR) is 65.0 cm³/mol. The molecule has 1 aromatic rings. The quantitative estimate of drug-likeness (QED) is 0.661. The molecule has 4 N–H and O–H groups in total. The summed E-state index contributed by atoms with van der Waals surface area (Å²) in [5, 5.41) is 11.0. The lowest BCUT2D eigenvalue weighted by Crippen LogP contribution is -2.44. The maximum Gasteiger partial charge on any atom is 0.124 e. The molecule has 0 spiro atoms. The highest BCUT2D eigenvalue weighted by atomic mass is 16.5. The first-order valence-corrected chi connectivity index (χ1v) is 6.20. The van der Waals surface area contributed by atoms with Gasteiger partial charge in [-0.05, 0) is 6.42 Å². The van der Waals surface area contributed by atoms with Crippen LogP contribution in [0.5, 0.6) is 0 Å². The molecule has 0 amide bonds. The van der Waals surface area contributed by atoms with E-state index in [4.69, 9.17) is 10.5 Å². The molecule has 17 heavy (non-hydrogen) atoms. The van der Waals surface area contributed by atoms with Crippen LogP contribution in [-0.2, 0) is 4.74 Å². The molecule has 0 aliphatic carbocycles. The van der Waals surface area contributed by atoms with E-state index in [-0.39, 0.29) is 12.1 Å². The number of aromatic nitrogens is 2. The van der Waals surface area contributed by atoms with E-state index in [0.29, 0.717) is 6.04 Å². The monoisotopic (exact) mass is 237 g/mol. The fraction of sp³-hybridized carbons (Fsp3) is 0.727. The first-order chi connectivity index (χ1) is 8.34. The molecule has 0 unspecified atom stereocenters. The Balaban J connectivity index is 1.59. The van der Waals surface area contributed by atoms with Crippen molar-refractivity contribution in [3.63, 3.8) is 0 Å². The van der Waals surface area contributed by atoms with E-state index in [9.17, 15) is 0 Å². The van der Waals surface area contributed by atoms with E-state index in [0.717, 1.165) is 38.5 Å². The molecule has 2 saturated heterocycles. The fourth-order valence-electron chi connectivity index (χ4n) is 2.27. The number of nitrogens with one attached hydrogen (secondary N) is 2. The van der Waals surface area contributed by atoms with Crippen LogP contribution in [0.4, 0.5) is 5.82 Å². The summed E-state index contributed by atoms with van der Waals surface area (Å²) in [6, 6.07) is 2.63. The number of hydrogen-bond acceptors (Lipinski definition) is 5. The van der Waals surface area contributed by atoms with Crippen LogP contribution in [-0.4, -0.2) is 48.2 Å². The van der Waals surface area contributed by atoms with E-state index >= 15 is 0 Å². The highest BCUT2D eigenvalue weighted by molar-refractivity contribution is 5.35. The molecule has 3 rings (SSSR count). The molecular weight excluding hydrogens is 218 g/mol. The van der Waals surface area contributed by atoms with E-state index in [2.05, 4.69) is 15.7 Å². The van der Waals surface area contributed by atoms with Gasteiger partial charge in [0, 0.05) is 38.3 Å². The topological polar surface area (TPSA) is 77.1 Å². The predicted octanol–water partition coefficient (Wildman–Crippen LogP) is -0.445. The standard InChI is InChI=1S/C11H19N5O/c12-9-2-4-17-10(9)7-14-11-1-3-15-16(11)8-5-13-6-8/h1,3,8-10,13-14H,2,4-7,12H2/t9-,10-/m0/s1. The molecule has 6 heteroatoms. The largest absolute Gasteiger partial charge is 0.375 e. The Morgan fingerprint density at radius 1 is 1.59 bits per heavy atom. The van der Waals surface area contributed by atoms with Crippen LogP contribution in [0.2, 0.25) is 0 Å². The Bertz CT molecular complexity index is 376. The first-order valence-electron chi connectivity index (χ1n) is 6.20. The van der Waals surface area contributed by atoms with Crippen LogP contribution in [0, 0.1) is 0 Å².